The van der Waals surface area contributed by atoms with Crippen molar-refractivity contribution in [1.29, 1.82) is 0 Å². The summed E-state index contributed by atoms with van der Waals surface area (Å²) < 4.78 is 16.7. The topological polar surface area (TPSA) is 56.8 Å². The number of methoxy groups -OCH3 is 1. The van der Waals surface area contributed by atoms with Crippen molar-refractivity contribution in [2.45, 2.75) is 39.4 Å². The van der Waals surface area contributed by atoms with E-state index in [1.807, 2.05) is 45.0 Å². The Morgan fingerprint density at radius 2 is 1.64 bits per heavy atom. The van der Waals surface area contributed by atoms with Gasteiger partial charge in [-0.3, -0.25) is 4.79 Å². The van der Waals surface area contributed by atoms with Crippen LogP contribution in [0.25, 0.3) is 0 Å². The Balaban J connectivity index is 2.07. The molecule has 1 atom stereocenters. The van der Waals surface area contributed by atoms with E-state index in [1.54, 1.807) is 31.4 Å². The molecule has 1 unspecified atom stereocenters. The van der Waals surface area contributed by atoms with Gasteiger partial charge in [0.1, 0.15) is 17.2 Å². The molecule has 0 aliphatic heterocycles. The molecule has 0 saturated heterocycles. The Kier molecular flexibility index (Phi) is 6.69. The molecule has 0 aliphatic carbocycles. The number of hydrogen-bond donors (Lipinski definition) is 1. The highest BCUT2D eigenvalue weighted by Crippen LogP contribution is 2.26. The predicted molar refractivity (Wildman–Crippen MR) is 98.5 cm³/mol. The van der Waals surface area contributed by atoms with E-state index in [2.05, 4.69) is 5.32 Å². The number of carbonyl (C=O) groups excluding carboxylic acids is 1. The minimum atomic E-state index is -0.597. The van der Waals surface area contributed by atoms with Gasteiger partial charge in [-0.25, -0.2) is 0 Å². The molecule has 0 aliphatic rings. The van der Waals surface area contributed by atoms with Gasteiger partial charge in [0, 0.05) is 0 Å². The van der Waals surface area contributed by atoms with Crippen molar-refractivity contribution in [2.75, 3.05) is 12.4 Å². The van der Waals surface area contributed by atoms with Crippen molar-refractivity contribution in [3.05, 3.63) is 48.5 Å². The first-order chi connectivity index (χ1) is 12.0. The fourth-order valence-corrected chi connectivity index (χ4v) is 2.28. The summed E-state index contributed by atoms with van der Waals surface area (Å²) in [6.45, 7) is 5.80. The fourth-order valence-electron chi connectivity index (χ4n) is 2.28. The SMILES string of the molecule is CCC(Oc1ccc(OC)cc1)C(=O)Nc1ccccc1OC(C)C. The van der Waals surface area contributed by atoms with Crippen LogP contribution in [0.5, 0.6) is 17.2 Å². The van der Waals surface area contributed by atoms with E-state index in [4.69, 9.17) is 14.2 Å². The van der Waals surface area contributed by atoms with E-state index in [0.717, 1.165) is 5.75 Å². The van der Waals surface area contributed by atoms with Crippen molar-refractivity contribution in [3.8, 4) is 17.2 Å². The third kappa shape index (κ3) is 5.41. The molecule has 0 bridgehead atoms. The standard InChI is InChI=1S/C20H25NO4/c1-5-18(25-16-12-10-15(23-4)11-13-16)20(22)21-17-8-6-7-9-19(17)24-14(2)3/h6-14,18H,5H2,1-4H3,(H,21,22). The zero-order valence-corrected chi connectivity index (χ0v) is 15.1. The Bertz CT molecular complexity index is 682. The van der Waals surface area contributed by atoms with Gasteiger partial charge in [0.05, 0.1) is 18.9 Å². The Morgan fingerprint density at radius 1 is 1.00 bits per heavy atom. The molecular formula is C20H25NO4. The molecule has 5 nitrogen and oxygen atoms in total. The molecular weight excluding hydrogens is 318 g/mol. The van der Waals surface area contributed by atoms with Gasteiger partial charge < -0.3 is 19.5 Å². The zero-order chi connectivity index (χ0) is 18.2. The van der Waals surface area contributed by atoms with Crippen LogP contribution in [0.15, 0.2) is 48.5 Å². The molecule has 0 spiro atoms. The monoisotopic (exact) mass is 343 g/mol. The minimum absolute atomic E-state index is 0.0237. The second-order valence-electron chi connectivity index (χ2n) is 5.84. The third-order valence-electron chi connectivity index (χ3n) is 3.51. The van der Waals surface area contributed by atoms with Crippen molar-refractivity contribution in [3.63, 3.8) is 0 Å². The van der Waals surface area contributed by atoms with Crippen LogP contribution in [0.4, 0.5) is 5.69 Å². The largest absolute Gasteiger partial charge is 0.497 e. The number of carbonyl (C=O) groups is 1. The van der Waals surface area contributed by atoms with Crippen molar-refractivity contribution in [2.24, 2.45) is 0 Å². The van der Waals surface area contributed by atoms with Gasteiger partial charge in [0.2, 0.25) is 0 Å². The molecule has 1 amide bonds. The van der Waals surface area contributed by atoms with Gasteiger partial charge in [0.25, 0.3) is 5.91 Å². The van der Waals surface area contributed by atoms with Crippen LogP contribution in [0, 0.1) is 0 Å². The summed E-state index contributed by atoms with van der Waals surface area (Å²) in [4.78, 5) is 12.6. The van der Waals surface area contributed by atoms with Gasteiger partial charge >= 0.3 is 0 Å². The quantitative estimate of drug-likeness (QED) is 0.777. The van der Waals surface area contributed by atoms with E-state index in [-0.39, 0.29) is 12.0 Å². The highest BCUT2D eigenvalue weighted by atomic mass is 16.5. The molecule has 0 heterocycles. The number of rotatable bonds is 8. The zero-order valence-electron chi connectivity index (χ0n) is 15.1. The van der Waals surface area contributed by atoms with Crippen LogP contribution in [-0.4, -0.2) is 25.2 Å². The number of hydrogen-bond acceptors (Lipinski definition) is 4. The van der Waals surface area contributed by atoms with Gasteiger partial charge in [0.15, 0.2) is 6.10 Å². The number of benzene rings is 2. The number of para-hydroxylation sites is 2. The molecule has 2 aromatic rings. The number of amides is 1. The Morgan fingerprint density at radius 3 is 2.24 bits per heavy atom. The fraction of sp³-hybridized carbons (Fsp3) is 0.350. The molecule has 5 heteroatoms. The summed E-state index contributed by atoms with van der Waals surface area (Å²) in [5.41, 5.74) is 0.637. The van der Waals surface area contributed by atoms with Crippen LogP contribution < -0.4 is 19.5 Å². The lowest BCUT2D eigenvalue weighted by molar-refractivity contribution is -0.122. The molecule has 2 aromatic carbocycles. The van der Waals surface area contributed by atoms with Crippen LogP contribution in [0.2, 0.25) is 0 Å². The third-order valence-corrected chi connectivity index (χ3v) is 3.51. The summed E-state index contributed by atoms with van der Waals surface area (Å²) in [7, 11) is 1.61. The lowest BCUT2D eigenvalue weighted by Gasteiger charge is -2.19. The molecule has 25 heavy (non-hydrogen) atoms. The molecule has 2 rings (SSSR count). The maximum absolute atomic E-state index is 12.6. The molecule has 0 saturated carbocycles. The summed E-state index contributed by atoms with van der Waals surface area (Å²) in [5.74, 6) is 1.79. The van der Waals surface area contributed by atoms with Crippen LogP contribution in [0.1, 0.15) is 27.2 Å². The van der Waals surface area contributed by atoms with E-state index in [0.29, 0.717) is 23.6 Å². The van der Waals surface area contributed by atoms with Gasteiger partial charge in [-0.1, -0.05) is 19.1 Å². The highest BCUT2D eigenvalue weighted by molar-refractivity contribution is 5.95. The van der Waals surface area contributed by atoms with Crippen molar-refractivity contribution < 1.29 is 19.0 Å². The number of anilines is 1. The summed E-state index contributed by atoms with van der Waals surface area (Å²) in [6.07, 6.45) is -0.0264. The van der Waals surface area contributed by atoms with Gasteiger partial charge in [-0.05, 0) is 56.7 Å². The van der Waals surface area contributed by atoms with Crippen molar-refractivity contribution in [1.82, 2.24) is 0 Å². The normalized spacial score (nSPS) is 11.7. The first-order valence-corrected chi connectivity index (χ1v) is 8.40. The van der Waals surface area contributed by atoms with Crippen molar-refractivity contribution >= 4 is 11.6 Å². The predicted octanol–water partition coefficient (Wildman–Crippen LogP) is 4.28. The summed E-state index contributed by atoms with van der Waals surface area (Å²) in [6, 6.07) is 14.5. The smallest absolute Gasteiger partial charge is 0.265 e. The van der Waals surface area contributed by atoms with Gasteiger partial charge in [-0.2, -0.15) is 0 Å². The molecule has 1 N–H and O–H groups in total. The number of nitrogens with one attached hydrogen (secondary N) is 1. The first kappa shape index (κ1) is 18.6. The average Bonchev–Trinajstić information content (AvgIpc) is 2.61. The Labute approximate surface area is 148 Å². The number of ether oxygens (including phenoxy) is 3. The Hall–Kier alpha value is -2.69. The average molecular weight is 343 g/mol. The van der Waals surface area contributed by atoms with Crippen LogP contribution >= 0.6 is 0 Å². The second kappa shape index (κ2) is 8.97. The lowest BCUT2D eigenvalue weighted by Crippen LogP contribution is -2.32. The molecule has 0 radical (unpaired) electrons. The lowest BCUT2D eigenvalue weighted by atomic mass is 10.2. The van der Waals surface area contributed by atoms with E-state index < -0.39 is 6.10 Å². The maximum Gasteiger partial charge on any atom is 0.265 e. The van der Waals surface area contributed by atoms with Gasteiger partial charge in [-0.15, -0.1) is 0 Å². The maximum atomic E-state index is 12.6. The van der Waals surface area contributed by atoms with E-state index >= 15 is 0 Å². The molecule has 0 fully saturated rings. The second-order valence-corrected chi connectivity index (χ2v) is 5.84. The summed E-state index contributed by atoms with van der Waals surface area (Å²) >= 11 is 0. The van der Waals surface area contributed by atoms with Crippen LogP contribution in [0.3, 0.4) is 0 Å². The summed E-state index contributed by atoms with van der Waals surface area (Å²) in [5, 5.41) is 2.90. The molecule has 134 valence electrons. The van der Waals surface area contributed by atoms with Crippen LogP contribution in [-0.2, 0) is 4.79 Å². The van der Waals surface area contributed by atoms with E-state index in [1.165, 1.54) is 0 Å². The molecule has 0 aromatic heterocycles. The first-order valence-electron chi connectivity index (χ1n) is 8.40. The minimum Gasteiger partial charge on any atom is -0.497 e. The van der Waals surface area contributed by atoms with E-state index in [9.17, 15) is 4.79 Å². The highest BCUT2D eigenvalue weighted by Gasteiger charge is 2.20.